The number of alkyl halides is 1. The van der Waals surface area contributed by atoms with Gasteiger partial charge in [0.2, 0.25) is 0 Å². The van der Waals surface area contributed by atoms with E-state index < -0.39 is 9.84 Å². The van der Waals surface area contributed by atoms with Crippen LogP contribution >= 0.6 is 15.9 Å². The second-order valence-corrected chi connectivity index (χ2v) is 8.80. The molecular weight excluding hydrogens is 348 g/mol. The first-order valence-corrected chi connectivity index (χ1v) is 10.3. The van der Waals surface area contributed by atoms with E-state index in [0.29, 0.717) is 17.4 Å². The summed E-state index contributed by atoms with van der Waals surface area (Å²) in [5.74, 6) is 1.38. The minimum atomic E-state index is -2.81. The van der Waals surface area contributed by atoms with Gasteiger partial charge >= 0.3 is 0 Å². The molecule has 0 spiro atoms. The lowest BCUT2D eigenvalue weighted by Crippen LogP contribution is -2.20. The van der Waals surface area contributed by atoms with Crippen LogP contribution in [0.25, 0.3) is 10.8 Å². The van der Waals surface area contributed by atoms with E-state index in [1.165, 1.54) is 16.3 Å². The predicted molar refractivity (Wildman–Crippen MR) is 91.7 cm³/mol. The molecule has 1 aliphatic heterocycles. The fraction of sp³-hybridized carbons (Fsp3) is 0.412. The number of rotatable bonds is 4. The molecule has 1 aliphatic rings. The summed E-state index contributed by atoms with van der Waals surface area (Å²) in [5.41, 5.74) is 1.32. The maximum atomic E-state index is 11.7. The lowest BCUT2D eigenvalue weighted by molar-refractivity contribution is 0.403. The number of sulfone groups is 1. The Bertz CT molecular complexity index is 734. The van der Waals surface area contributed by atoms with Crippen molar-refractivity contribution in [1.82, 2.24) is 0 Å². The Hall–Kier alpha value is -0.870. The van der Waals surface area contributed by atoms with Crippen molar-refractivity contribution in [2.45, 2.75) is 12.8 Å². The molecule has 0 bridgehead atoms. The van der Waals surface area contributed by atoms with Crippen LogP contribution in [0.1, 0.15) is 12.0 Å². The summed E-state index contributed by atoms with van der Waals surface area (Å²) in [6, 6.07) is 14.8. The summed E-state index contributed by atoms with van der Waals surface area (Å²) >= 11 is 3.59. The molecule has 21 heavy (non-hydrogen) atoms. The summed E-state index contributed by atoms with van der Waals surface area (Å²) in [7, 11) is -2.81. The molecule has 2 atom stereocenters. The molecule has 0 aromatic heterocycles. The number of hydrogen-bond acceptors (Lipinski definition) is 2. The summed E-state index contributed by atoms with van der Waals surface area (Å²) in [4.78, 5) is 0. The van der Waals surface area contributed by atoms with Crippen LogP contribution in [0.3, 0.4) is 0 Å². The molecule has 0 N–H and O–H groups in total. The second kappa shape index (κ2) is 6.09. The second-order valence-electron chi connectivity index (χ2n) is 5.92. The number of halogens is 1. The van der Waals surface area contributed by atoms with Crippen molar-refractivity contribution in [3.05, 3.63) is 48.0 Å². The van der Waals surface area contributed by atoms with E-state index in [4.69, 9.17) is 0 Å². The molecule has 112 valence electrons. The van der Waals surface area contributed by atoms with Gasteiger partial charge in [-0.25, -0.2) is 8.42 Å². The van der Waals surface area contributed by atoms with Crippen LogP contribution in [0.5, 0.6) is 0 Å². The van der Waals surface area contributed by atoms with Gasteiger partial charge in [-0.3, -0.25) is 0 Å². The summed E-state index contributed by atoms with van der Waals surface area (Å²) in [6.45, 7) is 0. The maximum absolute atomic E-state index is 11.7. The zero-order valence-electron chi connectivity index (χ0n) is 11.8. The van der Waals surface area contributed by atoms with Gasteiger partial charge in [-0.1, -0.05) is 58.4 Å². The highest BCUT2D eigenvalue weighted by atomic mass is 79.9. The minimum Gasteiger partial charge on any atom is -0.229 e. The van der Waals surface area contributed by atoms with Crippen molar-refractivity contribution in [2.24, 2.45) is 11.8 Å². The predicted octanol–water partition coefficient (Wildman–Crippen LogP) is 3.83. The fourth-order valence-corrected chi connectivity index (χ4v) is 5.97. The first-order valence-electron chi connectivity index (χ1n) is 7.32. The smallest absolute Gasteiger partial charge is 0.150 e. The van der Waals surface area contributed by atoms with Crippen LogP contribution < -0.4 is 0 Å². The van der Waals surface area contributed by atoms with Crippen LogP contribution in [-0.2, 0) is 16.3 Å². The van der Waals surface area contributed by atoms with Crippen molar-refractivity contribution >= 4 is 36.5 Å². The van der Waals surface area contributed by atoms with Gasteiger partial charge in [0.05, 0.1) is 11.5 Å². The third-order valence-corrected chi connectivity index (χ3v) is 7.12. The zero-order valence-corrected chi connectivity index (χ0v) is 14.2. The average Bonchev–Trinajstić information content (AvgIpc) is 2.85. The van der Waals surface area contributed by atoms with Crippen LogP contribution in [0.4, 0.5) is 0 Å². The molecule has 4 heteroatoms. The van der Waals surface area contributed by atoms with Crippen LogP contribution in [0.15, 0.2) is 42.5 Å². The number of fused-ring (bicyclic) bond motifs is 1. The third kappa shape index (κ3) is 3.32. The molecular formula is C17H19BrO2S. The van der Waals surface area contributed by atoms with Crippen molar-refractivity contribution < 1.29 is 8.42 Å². The summed E-state index contributed by atoms with van der Waals surface area (Å²) in [5, 5.41) is 3.39. The van der Waals surface area contributed by atoms with Gasteiger partial charge in [-0.15, -0.1) is 0 Å². The molecule has 0 radical (unpaired) electrons. The highest BCUT2D eigenvalue weighted by Crippen LogP contribution is 2.31. The Morgan fingerprint density at radius 3 is 2.62 bits per heavy atom. The Balaban J connectivity index is 1.86. The Labute approximate surface area is 134 Å². The van der Waals surface area contributed by atoms with E-state index in [-0.39, 0.29) is 5.92 Å². The lowest BCUT2D eigenvalue weighted by Gasteiger charge is -2.21. The Morgan fingerprint density at radius 1 is 1.14 bits per heavy atom. The van der Waals surface area contributed by atoms with Crippen LogP contribution in [0, 0.1) is 11.8 Å². The van der Waals surface area contributed by atoms with E-state index in [0.717, 1.165) is 18.2 Å². The van der Waals surface area contributed by atoms with Gasteiger partial charge in [-0.05, 0) is 41.0 Å². The van der Waals surface area contributed by atoms with Gasteiger partial charge in [-0.2, -0.15) is 0 Å². The zero-order chi connectivity index (χ0) is 14.9. The first kappa shape index (κ1) is 15.0. The fourth-order valence-electron chi connectivity index (χ4n) is 3.30. The normalized spacial score (nSPS) is 22.4. The topological polar surface area (TPSA) is 34.1 Å². The summed E-state index contributed by atoms with van der Waals surface area (Å²) in [6.07, 6.45) is 1.75. The van der Waals surface area contributed by atoms with E-state index in [9.17, 15) is 8.42 Å². The maximum Gasteiger partial charge on any atom is 0.150 e. The quantitative estimate of drug-likeness (QED) is 0.770. The molecule has 2 aromatic carbocycles. The van der Waals surface area contributed by atoms with Crippen molar-refractivity contribution in [1.29, 1.82) is 0 Å². The van der Waals surface area contributed by atoms with Gasteiger partial charge in [0.15, 0.2) is 9.84 Å². The minimum absolute atomic E-state index is 0.286. The van der Waals surface area contributed by atoms with E-state index in [1.807, 2.05) is 0 Å². The van der Waals surface area contributed by atoms with E-state index >= 15 is 0 Å². The molecule has 3 rings (SSSR count). The average molecular weight is 367 g/mol. The lowest BCUT2D eigenvalue weighted by atomic mass is 9.86. The van der Waals surface area contributed by atoms with Gasteiger partial charge < -0.3 is 0 Å². The van der Waals surface area contributed by atoms with Crippen molar-refractivity contribution in [3.63, 3.8) is 0 Å². The summed E-state index contributed by atoms with van der Waals surface area (Å²) < 4.78 is 23.4. The molecule has 2 unspecified atom stereocenters. The van der Waals surface area contributed by atoms with Crippen molar-refractivity contribution in [3.8, 4) is 0 Å². The number of hydrogen-bond donors (Lipinski definition) is 0. The highest BCUT2D eigenvalue weighted by molar-refractivity contribution is 9.09. The van der Waals surface area contributed by atoms with Crippen LogP contribution in [-0.4, -0.2) is 25.3 Å². The van der Waals surface area contributed by atoms with E-state index in [1.54, 1.807) is 0 Å². The van der Waals surface area contributed by atoms with Gasteiger partial charge in [0, 0.05) is 5.33 Å². The SMILES string of the molecule is O=S1(=O)CCC(C(CBr)Cc2cccc3ccccc23)C1. The molecule has 0 aliphatic carbocycles. The number of benzene rings is 2. The molecule has 1 saturated heterocycles. The molecule has 2 nitrogen and oxygen atoms in total. The Morgan fingerprint density at radius 2 is 1.90 bits per heavy atom. The molecule has 0 saturated carbocycles. The first-order chi connectivity index (χ1) is 10.1. The molecule has 1 heterocycles. The van der Waals surface area contributed by atoms with Crippen LogP contribution in [0.2, 0.25) is 0 Å². The van der Waals surface area contributed by atoms with Crippen molar-refractivity contribution in [2.75, 3.05) is 16.8 Å². The molecule has 0 amide bonds. The van der Waals surface area contributed by atoms with Gasteiger partial charge in [0.1, 0.15) is 0 Å². The largest absolute Gasteiger partial charge is 0.229 e. The molecule has 1 fully saturated rings. The molecule has 2 aromatic rings. The third-order valence-electron chi connectivity index (χ3n) is 4.49. The standard InChI is InChI=1S/C17H19BrO2S/c18-11-16(15-8-9-21(19,20)12-15)10-14-6-3-5-13-4-1-2-7-17(13)14/h1-7,15-16H,8-12H2. The van der Waals surface area contributed by atoms with E-state index in [2.05, 4.69) is 58.4 Å². The Kier molecular flexibility index (Phi) is 4.36. The van der Waals surface area contributed by atoms with Gasteiger partial charge in [0.25, 0.3) is 0 Å². The monoisotopic (exact) mass is 366 g/mol. The highest BCUT2D eigenvalue weighted by Gasteiger charge is 2.33.